The first-order valence-electron chi connectivity index (χ1n) is 11.0. The van der Waals surface area contributed by atoms with E-state index in [1.807, 2.05) is 42.2 Å². The first-order valence-corrected chi connectivity index (χ1v) is 11.0. The average Bonchev–Trinajstić information content (AvgIpc) is 2.75. The number of carboxylic acids is 1. The van der Waals surface area contributed by atoms with Crippen LogP contribution in [-0.4, -0.2) is 58.2 Å². The third-order valence-electron chi connectivity index (χ3n) is 6.24. The topological polar surface area (TPSA) is 103 Å². The maximum absolute atomic E-state index is 12.9. The fourth-order valence-electron chi connectivity index (χ4n) is 4.07. The van der Waals surface area contributed by atoms with E-state index in [-0.39, 0.29) is 11.5 Å². The molecule has 2 aromatic rings. The molecule has 33 heavy (non-hydrogen) atoms. The summed E-state index contributed by atoms with van der Waals surface area (Å²) >= 11 is 0. The lowest BCUT2D eigenvalue weighted by Gasteiger charge is -2.37. The van der Waals surface area contributed by atoms with E-state index < -0.39 is 18.1 Å². The van der Waals surface area contributed by atoms with Gasteiger partial charge in [0.05, 0.1) is 5.92 Å². The van der Waals surface area contributed by atoms with Gasteiger partial charge in [-0.1, -0.05) is 24.6 Å². The number of para-hydroxylation sites is 1. The molecule has 3 N–H and O–H groups in total. The van der Waals surface area contributed by atoms with Crippen LogP contribution >= 0.6 is 0 Å². The second kappa shape index (κ2) is 10.4. The van der Waals surface area contributed by atoms with E-state index in [4.69, 9.17) is 9.90 Å². The molecule has 1 saturated heterocycles. The largest absolute Gasteiger partial charge is 0.490 e. The number of aromatic nitrogens is 1. The van der Waals surface area contributed by atoms with Gasteiger partial charge in [0.2, 0.25) is 5.91 Å². The van der Waals surface area contributed by atoms with Crippen LogP contribution in [0.1, 0.15) is 50.5 Å². The van der Waals surface area contributed by atoms with E-state index in [1.54, 1.807) is 0 Å². The molecule has 4 rings (SSSR count). The van der Waals surface area contributed by atoms with E-state index in [0.29, 0.717) is 17.6 Å². The van der Waals surface area contributed by atoms with Crippen molar-refractivity contribution < 1.29 is 27.9 Å². The number of amides is 1. The van der Waals surface area contributed by atoms with Gasteiger partial charge in [-0.25, -0.2) is 4.79 Å². The van der Waals surface area contributed by atoms with Crippen LogP contribution in [0.25, 0.3) is 10.9 Å². The Kier molecular flexibility index (Phi) is 7.78. The van der Waals surface area contributed by atoms with Gasteiger partial charge in [0.25, 0.3) is 5.56 Å². The number of likely N-dealkylation sites (tertiary alicyclic amines) is 1. The van der Waals surface area contributed by atoms with Gasteiger partial charge < -0.3 is 20.3 Å². The number of hydrogen-bond acceptors (Lipinski definition) is 4. The highest BCUT2D eigenvalue weighted by molar-refractivity contribution is 5.86. The van der Waals surface area contributed by atoms with E-state index in [9.17, 15) is 22.8 Å². The number of aliphatic carboxylic acids is 1. The molecule has 0 radical (unpaired) electrons. The molecular formula is C23H28F3N3O4. The summed E-state index contributed by atoms with van der Waals surface area (Å²) in [4.78, 5) is 39.1. The highest BCUT2D eigenvalue weighted by atomic mass is 19.4. The van der Waals surface area contributed by atoms with Crippen LogP contribution < -0.4 is 10.9 Å². The predicted octanol–water partition coefficient (Wildman–Crippen LogP) is 3.40. The zero-order valence-electron chi connectivity index (χ0n) is 18.3. The van der Waals surface area contributed by atoms with Crippen LogP contribution in [0.4, 0.5) is 13.2 Å². The van der Waals surface area contributed by atoms with Crippen molar-refractivity contribution >= 4 is 22.8 Å². The van der Waals surface area contributed by atoms with E-state index in [2.05, 4.69) is 10.3 Å². The van der Waals surface area contributed by atoms with Crippen molar-refractivity contribution in [3.05, 3.63) is 46.2 Å². The lowest BCUT2D eigenvalue weighted by molar-refractivity contribution is -0.192. The van der Waals surface area contributed by atoms with Crippen LogP contribution in [0, 0.1) is 0 Å². The average molecular weight is 467 g/mol. The molecule has 1 amide bonds. The molecule has 0 bridgehead atoms. The molecule has 10 heteroatoms. The van der Waals surface area contributed by atoms with Crippen molar-refractivity contribution in [2.75, 3.05) is 13.1 Å². The number of carboxylic acid groups (broad SMARTS) is 1. The summed E-state index contributed by atoms with van der Waals surface area (Å²) in [6, 6.07) is 10.8. The number of piperidine rings is 1. The van der Waals surface area contributed by atoms with E-state index in [1.165, 1.54) is 19.3 Å². The van der Waals surface area contributed by atoms with Gasteiger partial charge in [-0.15, -0.1) is 0 Å². The lowest BCUT2D eigenvalue weighted by atomic mass is 9.91. The number of carbonyl (C=O) groups is 2. The second-order valence-electron chi connectivity index (χ2n) is 8.56. The van der Waals surface area contributed by atoms with Gasteiger partial charge in [0, 0.05) is 36.3 Å². The summed E-state index contributed by atoms with van der Waals surface area (Å²) in [5.41, 5.74) is 1.21. The van der Waals surface area contributed by atoms with E-state index >= 15 is 0 Å². The Labute approximate surface area is 189 Å². The third-order valence-corrected chi connectivity index (χ3v) is 6.24. The van der Waals surface area contributed by atoms with Gasteiger partial charge in [-0.3, -0.25) is 9.59 Å². The number of benzene rings is 1. The minimum atomic E-state index is -5.08. The van der Waals surface area contributed by atoms with Crippen LogP contribution in [0.2, 0.25) is 0 Å². The molecule has 2 fully saturated rings. The zero-order valence-corrected chi connectivity index (χ0v) is 18.3. The SMILES string of the molecule is CC(C(=O)N1CCC(NC2CCC2)CC1)c1cc2ccccc2[nH]c1=O.O=C(O)C(F)(F)F. The summed E-state index contributed by atoms with van der Waals surface area (Å²) in [5, 5.41) is 11.8. The molecule has 1 aromatic heterocycles. The summed E-state index contributed by atoms with van der Waals surface area (Å²) in [5.74, 6) is -3.11. The summed E-state index contributed by atoms with van der Waals surface area (Å²) in [7, 11) is 0. The molecule has 1 aliphatic carbocycles. The molecule has 180 valence electrons. The number of nitrogens with one attached hydrogen (secondary N) is 2. The lowest BCUT2D eigenvalue weighted by Crippen LogP contribution is -2.50. The van der Waals surface area contributed by atoms with Crippen LogP contribution in [-0.2, 0) is 9.59 Å². The van der Waals surface area contributed by atoms with Crippen LogP contribution in [0.15, 0.2) is 35.1 Å². The summed E-state index contributed by atoms with van der Waals surface area (Å²) in [6.07, 6.45) is 0.848. The number of nitrogens with zero attached hydrogens (tertiary/aromatic N) is 1. The fourth-order valence-corrected chi connectivity index (χ4v) is 4.07. The number of aromatic amines is 1. The maximum Gasteiger partial charge on any atom is 0.490 e. The molecule has 1 unspecified atom stereocenters. The van der Waals surface area contributed by atoms with Crippen LogP contribution in [0.3, 0.4) is 0 Å². The molecule has 2 aliphatic rings. The standard InChI is InChI=1S/C21H27N3O2.C2HF3O2/c1-14(18-13-15-5-2-3-8-19(15)23-20(18)25)21(26)24-11-9-17(10-12-24)22-16-6-4-7-16;3-2(4,5)1(6)7/h2-3,5,8,13-14,16-17,22H,4,6-7,9-12H2,1H3,(H,23,25);(H,6,7). The van der Waals surface area contributed by atoms with Gasteiger partial charge in [0.15, 0.2) is 0 Å². The first-order chi connectivity index (χ1) is 15.6. The Morgan fingerprint density at radius 3 is 2.24 bits per heavy atom. The Morgan fingerprint density at radius 2 is 1.70 bits per heavy atom. The minimum absolute atomic E-state index is 0.0628. The molecule has 1 aliphatic heterocycles. The predicted molar refractivity (Wildman–Crippen MR) is 117 cm³/mol. The normalized spacial score (nSPS) is 18.2. The Morgan fingerprint density at radius 1 is 1.12 bits per heavy atom. The molecule has 0 spiro atoms. The van der Waals surface area contributed by atoms with Crippen molar-refractivity contribution in [1.29, 1.82) is 0 Å². The number of halogens is 3. The van der Waals surface area contributed by atoms with Gasteiger partial charge >= 0.3 is 12.1 Å². The number of rotatable bonds is 4. The molecule has 7 nitrogen and oxygen atoms in total. The van der Waals surface area contributed by atoms with Crippen molar-refractivity contribution in [1.82, 2.24) is 15.2 Å². The van der Waals surface area contributed by atoms with Gasteiger partial charge in [0.1, 0.15) is 0 Å². The number of hydrogen-bond donors (Lipinski definition) is 3. The Bertz CT molecular complexity index is 1040. The number of H-pyrrole nitrogens is 1. The Hall–Kier alpha value is -2.88. The summed E-state index contributed by atoms with van der Waals surface area (Å²) < 4.78 is 31.7. The van der Waals surface area contributed by atoms with Crippen molar-refractivity contribution in [3.63, 3.8) is 0 Å². The molecule has 1 aromatic carbocycles. The highest BCUT2D eigenvalue weighted by Crippen LogP contribution is 2.24. The van der Waals surface area contributed by atoms with Crippen LogP contribution in [0.5, 0.6) is 0 Å². The highest BCUT2D eigenvalue weighted by Gasteiger charge is 2.38. The summed E-state index contributed by atoms with van der Waals surface area (Å²) in [6.45, 7) is 3.40. The smallest absolute Gasteiger partial charge is 0.475 e. The molecule has 1 saturated carbocycles. The third kappa shape index (κ3) is 6.34. The van der Waals surface area contributed by atoms with Crippen molar-refractivity contribution in [2.24, 2.45) is 0 Å². The quantitative estimate of drug-likeness (QED) is 0.640. The van der Waals surface area contributed by atoms with Crippen molar-refractivity contribution in [2.45, 2.75) is 63.2 Å². The molecule has 2 heterocycles. The minimum Gasteiger partial charge on any atom is -0.475 e. The van der Waals surface area contributed by atoms with Gasteiger partial charge in [-0.05, 0) is 50.1 Å². The zero-order chi connectivity index (χ0) is 24.2. The Balaban J connectivity index is 0.000000383. The van der Waals surface area contributed by atoms with E-state index in [0.717, 1.165) is 36.8 Å². The molecule has 1 atom stereocenters. The monoisotopic (exact) mass is 467 g/mol. The fraction of sp³-hybridized carbons (Fsp3) is 0.522. The maximum atomic E-state index is 12.9. The number of pyridine rings is 1. The number of alkyl halides is 3. The number of carbonyl (C=O) groups excluding carboxylic acids is 1. The molecular weight excluding hydrogens is 439 g/mol. The van der Waals surface area contributed by atoms with Crippen molar-refractivity contribution in [3.8, 4) is 0 Å². The first kappa shape index (κ1) is 24.8. The van der Waals surface area contributed by atoms with Gasteiger partial charge in [-0.2, -0.15) is 13.2 Å². The second-order valence-corrected chi connectivity index (χ2v) is 8.56. The number of fused-ring (bicyclic) bond motifs is 1.